The van der Waals surface area contributed by atoms with Gasteiger partial charge in [0.2, 0.25) is 5.91 Å². The summed E-state index contributed by atoms with van der Waals surface area (Å²) in [6, 6.07) is 7.58. The van der Waals surface area contributed by atoms with Gasteiger partial charge in [-0.15, -0.1) is 0 Å². The van der Waals surface area contributed by atoms with Gasteiger partial charge in [0.15, 0.2) is 0 Å². The van der Waals surface area contributed by atoms with Crippen molar-refractivity contribution in [3.8, 4) is 0 Å². The highest BCUT2D eigenvalue weighted by Crippen LogP contribution is 2.31. The standard InChI is InChI=1S/C30H43N5O4/c1-39-19-7-17-34(21-23-8-6-16-33-15-5-4-11-27(23)33)28(36)13-12-26-29(37)35(30(38)32-26)18-14-22-20-31-25-10-3-2-9-24(22)25/h2-3,9-10,20,23,26-27,31H,4-8,11-19,21H2,1H3,(H,32,38)/t23-,26+,27-/m0/s1. The molecule has 39 heavy (non-hydrogen) atoms. The summed E-state index contributed by atoms with van der Waals surface area (Å²) in [5, 5.41) is 3.92. The van der Waals surface area contributed by atoms with Gasteiger partial charge >= 0.3 is 6.03 Å². The number of aromatic amines is 1. The molecule has 2 aromatic rings. The molecule has 3 saturated heterocycles. The number of nitrogens with zero attached hydrogens (tertiary/aromatic N) is 3. The van der Waals surface area contributed by atoms with E-state index in [4.69, 9.17) is 4.74 Å². The first kappa shape index (κ1) is 27.6. The number of H-pyrrole nitrogens is 1. The van der Waals surface area contributed by atoms with Crippen LogP contribution in [0.3, 0.4) is 0 Å². The summed E-state index contributed by atoms with van der Waals surface area (Å²) in [5.74, 6) is 0.334. The van der Waals surface area contributed by atoms with Gasteiger partial charge in [0, 0.05) is 62.9 Å². The SMILES string of the molecule is COCCCN(C[C@@H]1CCCN2CCCC[C@@H]12)C(=O)CC[C@H]1NC(=O)N(CCc2c[nH]c3ccccc23)C1=O. The molecule has 3 aliphatic rings. The Balaban J connectivity index is 1.15. The molecule has 1 aromatic heterocycles. The lowest BCUT2D eigenvalue weighted by Crippen LogP contribution is -2.51. The normalized spacial score (nSPS) is 23.7. The van der Waals surface area contributed by atoms with Crippen LogP contribution in [0.15, 0.2) is 30.5 Å². The van der Waals surface area contributed by atoms with Gasteiger partial charge in [-0.2, -0.15) is 0 Å². The second kappa shape index (κ2) is 13.0. The summed E-state index contributed by atoms with van der Waals surface area (Å²) >= 11 is 0. The van der Waals surface area contributed by atoms with Crippen molar-refractivity contribution < 1.29 is 19.1 Å². The van der Waals surface area contributed by atoms with Crippen molar-refractivity contribution in [3.05, 3.63) is 36.0 Å². The molecule has 0 bridgehead atoms. The Labute approximate surface area is 231 Å². The number of aromatic nitrogens is 1. The number of amides is 4. The highest BCUT2D eigenvalue weighted by molar-refractivity contribution is 6.04. The van der Waals surface area contributed by atoms with Crippen LogP contribution in [0.1, 0.15) is 56.9 Å². The van der Waals surface area contributed by atoms with Gasteiger partial charge in [-0.3, -0.25) is 14.5 Å². The zero-order chi connectivity index (χ0) is 27.2. The summed E-state index contributed by atoms with van der Waals surface area (Å²) < 4.78 is 5.25. The van der Waals surface area contributed by atoms with Gasteiger partial charge in [0.05, 0.1) is 0 Å². The highest BCUT2D eigenvalue weighted by Gasteiger charge is 2.38. The fourth-order valence-corrected chi connectivity index (χ4v) is 6.77. The molecule has 0 unspecified atom stereocenters. The van der Waals surface area contributed by atoms with Crippen molar-refractivity contribution in [1.29, 1.82) is 0 Å². The number of methoxy groups -OCH3 is 1. The molecule has 5 rings (SSSR count). The Morgan fingerprint density at radius 1 is 1.13 bits per heavy atom. The Bertz CT molecular complexity index is 1150. The van der Waals surface area contributed by atoms with Crippen molar-refractivity contribution in [3.63, 3.8) is 0 Å². The third-order valence-corrected chi connectivity index (χ3v) is 8.85. The monoisotopic (exact) mass is 537 g/mol. The molecule has 9 nitrogen and oxygen atoms in total. The van der Waals surface area contributed by atoms with Gasteiger partial charge < -0.3 is 24.8 Å². The van der Waals surface area contributed by atoms with Gasteiger partial charge in [-0.25, -0.2) is 4.79 Å². The second-order valence-electron chi connectivity index (χ2n) is 11.3. The van der Waals surface area contributed by atoms with E-state index in [1.807, 2.05) is 35.4 Å². The molecular formula is C30H43N5O4. The average Bonchev–Trinajstić information content (AvgIpc) is 3.49. The maximum atomic E-state index is 13.4. The Morgan fingerprint density at radius 3 is 2.85 bits per heavy atom. The molecule has 0 saturated carbocycles. The lowest BCUT2D eigenvalue weighted by atomic mass is 9.83. The first-order valence-electron chi connectivity index (χ1n) is 14.7. The Kier molecular flexibility index (Phi) is 9.19. The van der Waals surface area contributed by atoms with Crippen LogP contribution in [0.5, 0.6) is 0 Å². The number of hydrogen-bond donors (Lipinski definition) is 2. The van der Waals surface area contributed by atoms with Gasteiger partial charge in [0.25, 0.3) is 5.91 Å². The first-order valence-corrected chi connectivity index (χ1v) is 14.7. The number of nitrogens with one attached hydrogen (secondary N) is 2. The topological polar surface area (TPSA) is 98.0 Å². The number of hydrogen-bond acceptors (Lipinski definition) is 5. The third-order valence-electron chi connectivity index (χ3n) is 8.85. The molecule has 0 aliphatic carbocycles. The zero-order valence-corrected chi connectivity index (χ0v) is 23.2. The number of para-hydroxylation sites is 1. The molecule has 9 heteroatoms. The Hall–Kier alpha value is -2.91. The van der Waals surface area contributed by atoms with Crippen LogP contribution in [0, 0.1) is 5.92 Å². The minimum absolute atomic E-state index is 0.0679. The molecule has 1 aromatic carbocycles. The van der Waals surface area contributed by atoms with Crippen LogP contribution in [0.25, 0.3) is 10.9 Å². The molecule has 4 heterocycles. The van der Waals surface area contributed by atoms with Crippen molar-refractivity contribution in [2.24, 2.45) is 5.92 Å². The number of benzene rings is 1. The van der Waals surface area contributed by atoms with E-state index in [0.717, 1.165) is 35.9 Å². The Morgan fingerprint density at radius 2 is 1.97 bits per heavy atom. The maximum Gasteiger partial charge on any atom is 0.324 e. The first-order chi connectivity index (χ1) is 19.0. The summed E-state index contributed by atoms with van der Waals surface area (Å²) in [6.45, 7) is 4.73. The van der Waals surface area contributed by atoms with Crippen molar-refractivity contribution >= 4 is 28.7 Å². The molecule has 0 spiro atoms. The predicted octanol–water partition coefficient (Wildman–Crippen LogP) is 3.54. The lowest BCUT2D eigenvalue weighted by molar-refractivity contribution is -0.133. The van der Waals surface area contributed by atoms with Crippen molar-refractivity contribution in [2.75, 3.05) is 46.4 Å². The van der Waals surface area contributed by atoms with E-state index in [1.165, 1.54) is 43.7 Å². The fraction of sp³-hybridized carbons (Fsp3) is 0.633. The number of urea groups is 1. The second-order valence-corrected chi connectivity index (χ2v) is 11.3. The minimum Gasteiger partial charge on any atom is -0.385 e. The summed E-state index contributed by atoms with van der Waals surface area (Å²) in [6.07, 6.45) is 10.0. The number of fused-ring (bicyclic) bond motifs is 2. The summed E-state index contributed by atoms with van der Waals surface area (Å²) in [4.78, 5) is 48.3. The summed E-state index contributed by atoms with van der Waals surface area (Å²) in [5.41, 5.74) is 2.12. The third kappa shape index (κ3) is 6.47. The molecule has 3 aliphatic heterocycles. The van der Waals surface area contributed by atoms with E-state index in [1.54, 1.807) is 7.11 Å². The molecule has 2 N–H and O–H groups in total. The smallest absolute Gasteiger partial charge is 0.324 e. The van der Waals surface area contributed by atoms with Crippen LogP contribution < -0.4 is 5.32 Å². The van der Waals surface area contributed by atoms with Gasteiger partial charge in [0.1, 0.15) is 6.04 Å². The van der Waals surface area contributed by atoms with E-state index < -0.39 is 6.04 Å². The van der Waals surface area contributed by atoms with E-state index in [0.29, 0.717) is 44.5 Å². The van der Waals surface area contributed by atoms with Crippen molar-refractivity contribution in [2.45, 2.75) is 69.9 Å². The molecular weight excluding hydrogens is 494 g/mol. The number of imide groups is 1. The number of rotatable bonds is 12. The number of carbonyl (C=O) groups is 3. The van der Waals surface area contributed by atoms with Crippen LogP contribution >= 0.6 is 0 Å². The van der Waals surface area contributed by atoms with Gasteiger partial charge in [-0.1, -0.05) is 24.6 Å². The molecule has 3 atom stereocenters. The lowest BCUT2D eigenvalue weighted by Gasteiger charge is -2.45. The van der Waals surface area contributed by atoms with Crippen LogP contribution in [0.4, 0.5) is 4.79 Å². The van der Waals surface area contributed by atoms with E-state index in [2.05, 4.69) is 15.2 Å². The minimum atomic E-state index is -0.645. The van der Waals surface area contributed by atoms with E-state index in [9.17, 15) is 14.4 Å². The number of piperidine rings is 2. The quantitative estimate of drug-likeness (QED) is 0.319. The molecule has 0 radical (unpaired) electrons. The molecule has 4 amide bonds. The largest absolute Gasteiger partial charge is 0.385 e. The maximum absolute atomic E-state index is 13.4. The fourth-order valence-electron chi connectivity index (χ4n) is 6.77. The van der Waals surface area contributed by atoms with Crippen LogP contribution in [0.2, 0.25) is 0 Å². The molecule has 212 valence electrons. The molecule has 3 fully saturated rings. The summed E-state index contributed by atoms with van der Waals surface area (Å²) in [7, 11) is 1.69. The number of carbonyl (C=O) groups excluding carboxylic acids is 3. The van der Waals surface area contributed by atoms with E-state index in [-0.39, 0.29) is 24.3 Å². The number of ether oxygens (including phenoxy) is 1. The zero-order valence-electron chi connectivity index (χ0n) is 23.2. The highest BCUT2D eigenvalue weighted by atomic mass is 16.5. The van der Waals surface area contributed by atoms with Crippen molar-refractivity contribution in [1.82, 2.24) is 25.0 Å². The average molecular weight is 538 g/mol. The van der Waals surface area contributed by atoms with Crippen LogP contribution in [-0.4, -0.2) is 96.1 Å². The van der Waals surface area contributed by atoms with Gasteiger partial charge in [-0.05, 0) is 75.6 Å². The van der Waals surface area contributed by atoms with E-state index >= 15 is 0 Å². The van der Waals surface area contributed by atoms with Crippen LogP contribution in [-0.2, 0) is 20.7 Å². The predicted molar refractivity (Wildman–Crippen MR) is 150 cm³/mol.